The Labute approximate surface area is 104 Å². The van der Waals surface area contributed by atoms with Gasteiger partial charge in [-0.15, -0.1) is 0 Å². The van der Waals surface area contributed by atoms with E-state index in [1.54, 1.807) is 16.8 Å². The minimum Gasteiger partial charge on any atom is -0.409 e. The van der Waals surface area contributed by atoms with Gasteiger partial charge in [0.25, 0.3) is 0 Å². The SMILES string of the molecule is N/C(=N\O)c1cccc2nn(CCCC=O)cc12. The number of aldehydes is 1. The molecule has 0 radical (unpaired) electrons. The number of benzene rings is 1. The third kappa shape index (κ3) is 2.32. The predicted molar refractivity (Wildman–Crippen MR) is 67.5 cm³/mol. The number of hydrogen-bond donors (Lipinski definition) is 2. The molecule has 0 saturated carbocycles. The molecule has 0 aliphatic carbocycles. The number of unbranched alkanes of at least 4 members (excludes halogenated alkanes) is 1. The maximum Gasteiger partial charge on any atom is 0.170 e. The molecule has 0 saturated heterocycles. The lowest BCUT2D eigenvalue weighted by atomic mass is 10.1. The Morgan fingerprint density at radius 1 is 1.56 bits per heavy atom. The van der Waals surface area contributed by atoms with Crippen LogP contribution >= 0.6 is 0 Å². The molecule has 18 heavy (non-hydrogen) atoms. The summed E-state index contributed by atoms with van der Waals surface area (Å²) in [6, 6.07) is 5.44. The van der Waals surface area contributed by atoms with E-state index < -0.39 is 0 Å². The largest absolute Gasteiger partial charge is 0.409 e. The molecule has 0 aliphatic heterocycles. The van der Waals surface area contributed by atoms with Gasteiger partial charge in [-0.1, -0.05) is 17.3 Å². The van der Waals surface area contributed by atoms with Crippen LogP contribution in [0.3, 0.4) is 0 Å². The summed E-state index contributed by atoms with van der Waals surface area (Å²) in [6.45, 7) is 0.670. The number of aromatic nitrogens is 2. The van der Waals surface area contributed by atoms with Crippen LogP contribution in [0.4, 0.5) is 0 Å². The zero-order chi connectivity index (χ0) is 13.0. The van der Waals surface area contributed by atoms with Crippen molar-refractivity contribution in [3.8, 4) is 0 Å². The lowest BCUT2D eigenvalue weighted by molar-refractivity contribution is -0.107. The van der Waals surface area contributed by atoms with Gasteiger partial charge in [0, 0.05) is 30.1 Å². The zero-order valence-electron chi connectivity index (χ0n) is 9.78. The van der Waals surface area contributed by atoms with E-state index in [2.05, 4.69) is 10.3 Å². The van der Waals surface area contributed by atoms with Gasteiger partial charge in [0.1, 0.15) is 6.29 Å². The first-order chi connectivity index (χ1) is 8.76. The zero-order valence-corrected chi connectivity index (χ0v) is 9.78. The normalized spacial score (nSPS) is 11.9. The number of nitrogens with two attached hydrogens (primary N) is 1. The van der Waals surface area contributed by atoms with Gasteiger partial charge < -0.3 is 15.7 Å². The van der Waals surface area contributed by atoms with Crippen LogP contribution in [0.25, 0.3) is 10.9 Å². The molecule has 1 aromatic heterocycles. The fourth-order valence-electron chi connectivity index (χ4n) is 1.82. The van der Waals surface area contributed by atoms with E-state index in [1.807, 2.05) is 12.3 Å². The van der Waals surface area contributed by atoms with Crippen LogP contribution in [-0.2, 0) is 11.3 Å². The van der Waals surface area contributed by atoms with Crippen molar-refractivity contribution in [2.75, 3.05) is 0 Å². The number of rotatable bonds is 5. The summed E-state index contributed by atoms with van der Waals surface area (Å²) in [7, 11) is 0. The highest BCUT2D eigenvalue weighted by atomic mass is 16.4. The molecule has 0 spiro atoms. The number of nitrogens with zero attached hydrogens (tertiary/aromatic N) is 3. The quantitative estimate of drug-likeness (QED) is 0.206. The molecule has 0 aliphatic rings. The highest BCUT2D eigenvalue weighted by Gasteiger charge is 2.08. The molecule has 1 aromatic carbocycles. The first-order valence-electron chi connectivity index (χ1n) is 5.64. The average molecular weight is 246 g/mol. The van der Waals surface area contributed by atoms with Crippen molar-refractivity contribution in [1.82, 2.24) is 9.78 Å². The molecule has 0 fully saturated rings. The molecule has 0 unspecified atom stereocenters. The Hall–Kier alpha value is -2.37. The minimum absolute atomic E-state index is 0.0630. The van der Waals surface area contributed by atoms with Gasteiger partial charge in [-0.05, 0) is 12.5 Å². The van der Waals surface area contributed by atoms with Gasteiger partial charge >= 0.3 is 0 Å². The number of aryl methyl sites for hydroxylation is 1. The van der Waals surface area contributed by atoms with Crippen molar-refractivity contribution in [2.45, 2.75) is 19.4 Å². The van der Waals surface area contributed by atoms with E-state index >= 15 is 0 Å². The maximum atomic E-state index is 10.3. The lowest BCUT2D eigenvalue weighted by Gasteiger charge is -1.98. The van der Waals surface area contributed by atoms with E-state index in [0.29, 0.717) is 18.5 Å². The fraction of sp³-hybridized carbons (Fsp3) is 0.250. The Morgan fingerprint density at radius 2 is 2.39 bits per heavy atom. The first kappa shape index (κ1) is 12.1. The second-order valence-corrected chi connectivity index (χ2v) is 3.92. The monoisotopic (exact) mass is 246 g/mol. The van der Waals surface area contributed by atoms with Crippen molar-refractivity contribution in [3.63, 3.8) is 0 Å². The van der Waals surface area contributed by atoms with Gasteiger partial charge in [0.05, 0.1) is 5.52 Å². The summed E-state index contributed by atoms with van der Waals surface area (Å²) in [5.41, 5.74) is 7.04. The van der Waals surface area contributed by atoms with Crippen LogP contribution in [0.1, 0.15) is 18.4 Å². The van der Waals surface area contributed by atoms with E-state index in [1.165, 1.54) is 0 Å². The summed E-state index contributed by atoms with van der Waals surface area (Å²) >= 11 is 0. The van der Waals surface area contributed by atoms with Crippen molar-refractivity contribution < 1.29 is 10.0 Å². The first-order valence-corrected chi connectivity index (χ1v) is 5.64. The molecular weight excluding hydrogens is 232 g/mol. The molecule has 0 amide bonds. The molecule has 94 valence electrons. The van der Waals surface area contributed by atoms with E-state index in [9.17, 15) is 4.79 Å². The van der Waals surface area contributed by atoms with Crippen LogP contribution in [-0.4, -0.2) is 27.1 Å². The Bertz CT molecular complexity index is 589. The number of carbonyl (C=O) groups excluding carboxylic acids is 1. The minimum atomic E-state index is 0.0630. The van der Waals surface area contributed by atoms with Gasteiger partial charge in [0.2, 0.25) is 0 Å². The molecule has 6 nitrogen and oxygen atoms in total. The van der Waals surface area contributed by atoms with E-state index in [0.717, 1.165) is 23.6 Å². The Kier molecular flexibility index (Phi) is 3.57. The summed E-state index contributed by atoms with van der Waals surface area (Å²) < 4.78 is 1.77. The van der Waals surface area contributed by atoms with Crippen molar-refractivity contribution >= 4 is 23.0 Å². The maximum absolute atomic E-state index is 10.3. The lowest BCUT2D eigenvalue weighted by Crippen LogP contribution is -2.13. The molecule has 1 heterocycles. The summed E-state index contributed by atoms with van der Waals surface area (Å²) in [6.07, 6.45) is 4.00. The van der Waals surface area contributed by atoms with Gasteiger partial charge in [-0.3, -0.25) is 4.68 Å². The van der Waals surface area contributed by atoms with E-state index in [4.69, 9.17) is 10.9 Å². The topological polar surface area (TPSA) is 93.5 Å². The van der Waals surface area contributed by atoms with Crippen LogP contribution < -0.4 is 5.73 Å². The van der Waals surface area contributed by atoms with Crippen molar-refractivity contribution in [2.24, 2.45) is 10.9 Å². The van der Waals surface area contributed by atoms with Crippen LogP contribution in [0.5, 0.6) is 0 Å². The van der Waals surface area contributed by atoms with Crippen LogP contribution in [0.2, 0.25) is 0 Å². The molecular formula is C12H14N4O2. The molecule has 3 N–H and O–H groups in total. The van der Waals surface area contributed by atoms with Gasteiger partial charge in [-0.2, -0.15) is 5.10 Å². The average Bonchev–Trinajstić information content (AvgIpc) is 2.80. The smallest absolute Gasteiger partial charge is 0.170 e. The Balaban J connectivity index is 2.35. The van der Waals surface area contributed by atoms with Crippen LogP contribution in [0.15, 0.2) is 29.6 Å². The number of oxime groups is 1. The third-order valence-corrected chi connectivity index (χ3v) is 2.69. The van der Waals surface area contributed by atoms with Gasteiger partial charge in [-0.25, -0.2) is 0 Å². The predicted octanol–water partition coefficient (Wildman–Crippen LogP) is 1.11. The fourth-order valence-corrected chi connectivity index (χ4v) is 1.82. The van der Waals surface area contributed by atoms with Crippen LogP contribution in [0, 0.1) is 0 Å². The Morgan fingerprint density at radius 3 is 3.11 bits per heavy atom. The number of carbonyl (C=O) groups is 1. The molecule has 6 heteroatoms. The molecule has 2 rings (SSSR count). The highest BCUT2D eigenvalue weighted by molar-refractivity contribution is 6.07. The molecule has 2 aromatic rings. The molecule has 0 atom stereocenters. The summed E-state index contributed by atoms with van der Waals surface area (Å²) in [4.78, 5) is 10.3. The second-order valence-electron chi connectivity index (χ2n) is 3.92. The standard InChI is InChI=1S/C12H14N4O2/c13-12(15-18)9-4-3-5-11-10(9)8-16(14-11)6-1-2-7-17/h3-5,7-8,18H,1-2,6H2,(H2,13,15). The van der Waals surface area contributed by atoms with Crippen molar-refractivity contribution in [1.29, 1.82) is 0 Å². The number of amidine groups is 1. The third-order valence-electron chi connectivity index (χ3n) is 2.69. The molecule has 0 bridgehead atoms. The highest BCUT2D eigenvalue weighted by Crippen LogP contribution is 2.17. The number of fused-ring (bicyclic) bond motifs is 1. The summed E-state index contributed by atoms with van der Waals surface area (Å²) in [5, 5.41) is 16.9. The summed E-state index contributed by atoms with van der Waals surface area (Å²) in [5.74, 6) is 0.0630. The van der Waals surface area contributed by atoms with Gasteiger partial charge in [0.15, 0.2) is 5.84 Å². The van der Waals surface area contributed by atoms with E-state index in [-0.39, 0.29) is 5.84 Å². The van der Waals surface area contributed by atoms with Crippen molar-refractivity contribution in [3.05, 3.63) is 30.0 Å². The second kappa shape index (κ2) is 5.31. The number of hydrogen-bond acceptors (Lipinski definition) is 4.